The minimum absolute atomic E-state index is 0.110. The molecule has 0 aliphatic heterocycles. The number of nitrogens with zero attached hydrogens (tertiary/aromatic N) is 3. The minimum atomic E-state index is -3.44. The monoisotopic (exact) mass is 235 g/mol. The molecule has 0 aromatic heterocycles. The van der Waals surface area contributed by atoms with Crippen LogP contribution in [0.15, 0.2) is 5.11 Å². The molecule has 0 heterocycles. The van der Waals surface area contributed by atoms with E-state index in [1.165, 1.54) is 0 Å². The highest BCUT2D eigenvalue weighted by Gasteiger charge is 2.16. The van der Waals surface area contributed by atoms with Crippen molar-refractivity contribution in [3.05, 3.63) is 10.4 Å². The lowest BCUT2D eigenvalue weighted by molar-refractivity contribution is -0.139. The molecule has 0 rings (SSSR count). The maximum absolute atomic E-state index is 11.2. The van der Waals surface area contributed by atoms with Gasteiger partial charge in [-0.05, 0) is 18.9 Å². The van der Waals surface area contributed by atoms with Crippen molar-refractivity contribution in [2.24, 2.45) is 5.11 Å². The molecule has 0 bridgehead atoms. The zero-order valence-electron chi connectivity index (χ0n) is 8.42. The highest BCUT2D eigenvalue weighted by molar-refractivity contribution is 7.92. The molecular formula is C7H13N3O4S. The van der Waals surface area contributed by atoms with Gasteiger partial charge in [0, 0.05) is 11.5 Å². The number of azide groups is 1. The summed E-state index contributed by atoms with van der Waals surface area (Å²) in [6.07, 6.45) is 0.214. The van der Waals surface area contributed by atoms with E-state index in [-0.39, 0.29) is 25.3 Å². The Balaban J connectivity index is 3.97. The molecule has 0 spiro atoms. The summed E-state index contributed by atoms with van der Waals surface area (Å²) in [5.41, 5.74) is 7.95. The Hall–Kier alpha value is -1.27. The Morgan fingerprint density at radius 1 is 1.53 bits per heavy atom. The molecule has 0 aliphatic rings. The fourth-order valence-corrected chi connectivity index (χ4v) is 2.01. The molecule has 0 saturated carbocycles. The minimum Gasteiger partial charge on any atom is -0.465 e. The van der Waals surface area contributed by atoms with Crippen molar-refractivity contribution in [1.29, 1.82) is 0 Å². The number of hydrogen-bond donors (Lipinski definition) is 0. The lowest BCUT2D eigenvalue weighted by atomic mass is 10.5. The predicted molar refractivity (Wildman–Crippen MR) is 53.9 cm³/mol. The topological polar surface area (TPSA) is 109 Å². The SMILES string of the molecule is CCOC(=O)CS(=O)(=O)CCCN=[N+]=[N-]. The number of esters is 1. The van der Waals surface area contributed by atoms with Crippen LogP contribution in [0.25, 0.3) is 10.4 Å². The summed E-state index contributed by atoms with van der Waals surface area (Å²) in [5, 5.41) is 3.19. The van der Waals surface area contributed by atoms with Gasteiger partial charge in [0.2, 0.25) is 0 Å². The summed E-state index contributed by atoms with van der Waals surface area (Å²) >= 11 is 0. The van der Waals surface area contributed by atoms with Crippen molar-refractivity contribution < 1.29 is 17.9 Å². The first-order valence-corrected chi connectivity index (χ1v) is 6.21. The maximum atomic E-state index is 11.2. The Bertz CT molecular complexity index is 345. The molecule has 0 radical (unpaired) electrons. The van der Waals surface area contributed by atoms with Crippen molar-refractivity contribution >= 4 is 15.8 Å². The van der Waals surface area contributed by atoms with Crippen LogP contribution in [-0.4, -0.2) is 39.0 Å². The third kappa shape index (κ3) is 7.77. The molecule has 86 valence electrons. The molecule has 0 unspecified atom stereocenters. The average molecular weight is 235 g/mol. The van der Waals surface area contributed by atoms with Gasteiger partial charge in [-0.1, -0.05) is 5.11 Å². The molecule has 0 aliphatic carbocycles. The van der Waals surface area contributed by atoms with Crippen molar-refractivity contribution in [3.63, 3.8) is 0 Å². The van der Waals surface area contributed by atoms with Crippen LogP contribution in [0.5, 0.6) is 0 Å². The summed E-state index contributed by atoms with van der Waals surface area (Å²) < 4.78 is 27.0. The van der Waals surface area contributed by atoms with Crippen molar-refractivity contribution in [1.82, 2.24) is 0 Å². The molecular weight excluding hydrogens is 222 g/mol. The normalized spacial score (nSPS) is 10.5. The van der Waals surface area contributed by atoms with Crippen molar-refractivity contribution in [2.45, 2.75) is 13.3 Å². The van der Waals surface area contributed by atoms with E-state index in [0.29, 0.717) is 0 Å². The van der Waals surface area contributed by atoms with Gasteiger partial charge in [-0.15, -0.1) is 0 Å². The average Bonchev–Trinajstić information content (AvgIpc) is 2.12. The Labute approximate surface area is 88.0 Å². The largest absolute Gasteiger partial charge is 0.465 e. The van der Waals surface area contributed by atoms with E-state index < -0.39 is 21.6 Å². The molecule has 8 heteroatoms. The quantitative estimate of drug-likeness (QED) is 0.212. The van der Waals surface area contributed by atoms with Gasteiger partial charge in [-0.3, -0.25) is 4.79 Å². The Morgan fingerprint density at radius 2 is 2.20 bits per heavy atom. The second kappa shape index (κ2) is 7.08. The first kappa shape index (κ1) is 13.7. The molecule has 7 nitrogen and oxygen atoms in total. The number of carbonyl (C=O) groups excluding carboxylic acids is 1. The smallest absolute Gasteiger partial charge is 0.321 e. The van der Waals surface area contributed by atoms with Crippen molar-refractivity contribution in [3.8, 4) is 0 Å². The number of carbonyl (C=O) groups is 1. The third-order valence-electron chi connectivity index (χ3n) is 1.42. The van der Waals surface area contributed by atoms with E-state index in [2.05, 4.69) is 14.8 Å². The number of hydrogen-bond acceptors (Lipinski definition) is 5. The van der Waals surface area contributed by atoms with E-state index in [9.17, 15) is 13.2 Å². The summed E-state index contributed by atoms with van der Waals surface area (Å²) in [4.78, 5) is 13.3. The van der Waals surface area contributed by atoms with Gasteiger partial charge < -0.3 is 4.74 Å². The van der Waals surface area contributed by atoms with Crippen LogP contribution >= 0.6 is 0 Å². The van der Waals surface area contributed by atoms with Gasteiger partial charge in [0.15, 0.2) is 9.84 Å². The number of rotatable bonds is 7. The number of sulfone groups is 1. The third-order valence-corrected chi connectivity index (χ3v) is 3.01. The van der Waals surface area contributed by atoms with E-state index in [0.717, 1.165) is 0 Å². The van der Waals surface area contributed by atoms with Crippen LogP contribution in [0.4, 0.5) is 0 Å². The molecule has 0 saturated heterocycles. The van der Waals surface area contributed by atoms with E-state index in [4.69, 9.17) is 5.53 Å². The maximum Gasteiger partial charge on any atom is 0.321 e. The summed E-state index contributed by atoms with van der Waals surface area (Å²) in [7, 11) is -3.44. The summed E-state index contributed by atoms with van der Waals surface area (Å²) in [5.74, 6) is -1.54. The van der Waals surface area contributed by atoms with Gasteiger partial charge in [-0.2, -0.15) is 0 Å². The van der Waals surface area contributed by atoms with Crippen LogP contribution in [0.2, 0.25) is 0 Å². The van der Waals surface area contributed by atoms with Crippen molar-refractivity contribution in [2.75, 3.05) is 24.7 Å². The zero-order valence-corrected chi connectivity index (χ0v) is 9.23. The van der Waals surface area contributed by atoms with E-state index >= 15 is 0 Å². The fraction of sp³-hybridized carbons (Fsp3) is 0.857. The van der Waals surface area contributed by atoms with Gasteiger partial charge >= 0.3 is 5.97 Å². The highest BCUT2D eigenvalue weighted by atomic mass is 32.2. The molecule has 0 aromatic carbocycles. The van der Waals surface area contributed by atoms with E-state index in [1.807, 2.05) is 0 Å². The second-order valence-corrected chi connectivity index (χ2v) is 4.89. The van der Waals surface area contributed by atoms with Crippen LogP contribution in [0, 0.1) is 0 Å². The van der Waals surface area contributed by atoms with E-state index in [1.54, 1.807) is 6.92 Å². The molecule has 15 heavy (non-hydrogen) atoms. The van der Waals surface area contributed by atoms with Crippen LogP contribution in [-0.2, 0) is 19.4 Å². The van der Waals surface area contributed by atoms with Crippen LogP contribution < -0.4 is 0 Å². The van der Waals surface area contributed by atoms with Crippen LogP contribution in [0.3, 0.4) is 0 Å². The lowest BCUT2D eigenvalue weighted by Gasteiger charge is -2.02. The fourth-order valence-electron chi connectivity index (χ4n) is 0.854. The van der Waals surface area contributed by atoms with Gasteiger partial charge in [0.1, 0.15) is 5.75 Å². The first-order chi connectivity index (χ1) is 7.02. The Kier molecular flexibility index (Phi) is 6.48. The number of ether oxygens (including phenoxy) is 1. The van der Waals surface area contributed by atoms with Gasteiger partial charge in [-0.25, -0.2) is 8.42 Å². The molecule has 0 atom stereocenters. The molecule has 0 aromatic rings. The molecule has 0 amide bonds. The standard InChI is InChI=1S/C7H13N3O4S/c1-2-14-7(11)6-15(12,13)5-3-4-9-10-8/h2-6H2,1H3. The second-order valence-electron chi connectivity index (χ2n) is 2.71. The lowest BCUT2D eigenvalue weighted by Crippen LogP contribution is -2.21. The van der Waals surface area contributed by atoms with Gasteiger partial charge in [0.05, 0.1) is 12.4 Å². The first-order valence-electron chi connectivity index (χ1n) is 4.38. The highest BCUT2D eigenvalue weighted by Crippen LogP contribution is 1.96. The summed E-state index contributed by atoms with van der Waals surface area (Å²) in [6.45, 7) is 1.87. The molecule has 0 N–H and O–H groups in total. The van der Waals surface area contributed by atoms with Gasteiger partial charge in [0.25, 0.3) is 0 Å². The van der Waals surface area contributed by atoms with Crippen LogP contribution in [0.1, 0.15) is 13.3 Å². The Morgan fingerprint density at radius 3 is 2.73 bits per heavy atom. The molecule has 0 fully saturated rings. The zero-order chi connectivity index (χ0) is 11.7. The summed E-state index contributed by atoms with van der Waals surface area (Å²) in [6, 6.07) is 0. The predicted octanol–water partition coefficient (Wildman–Crippen LogP) is 0.665.